The maximum Gasteiger partial charge on any atom is 0.317 e. The van der Waals surface area contributed by atoms with Crippen LogP contribution in [0.5, 0.6) is 0 Å². The van der Waals surface area contributed by atoms with Gasteiger partial charge in [-0.3, -0.25) is 4.79 Å². The summed E-state index contributed by atoms with van der Waals surface area (Å²) in [5.41, 5.74) is 0. The van der Waals surface area contributed by atoms with Gasteiger partial charge in [0.2, 0.25) is 5.91 Å². The molecule has 5 nitrogen and oxygen atoms in total. The topological polar surface area (TPSA) is 61.4 Å². The SMILES string of the molecule is CCCNC(=O)N1CCCC(CNC(=O)C(C)C)C1. The lowest BCUT2D eigenvalue weighted by molar-refractivity contribution is -0.124. The highest BCUT2D eigenvalue weighted by Gasteiger charge is 2.23. The number of piperidine rings is 1. The van der Waals surface area contributed by atoms with Crippen LogP contribution in [0.4, 0.5) is 4.79 Å². The Labute approximate surface area is 116 Å². The van der Waals surface area contributed by atoms with E-state index in [0.29, 0.717) is 12.5 Å². The molecule has 19 heavy (non-hydrogen) atoms. The Morgan fingerprint density at radius 1 is 1.32 bits per heavy atom. The van der Waals surface area contributed by atoms with Crippen LogP contribution in [0.15, 0.2) is 0 Å². The van der Waals surface area contributed by atoms with Gasteiger partial charge in [0.05, 0.1) is 0 Å². The molecular formula is C14H27N3O2. The molecule has 0 saturated carbocycles. The van der Waals surface area contributed by atoms with Crippen molar-refractivity contribution < 1.29 is 9.59 Å². The lowest BCUT2D eigenvalue weighted by atomic mass is 9.98. The molecule has 0 bridgehead atoms. The number of carbonyl (C=O) groups is 2. The summed E-state index contributed by atoms with van der Waals surface area (Å²) in [6.45, 7) is 8.79. The first-order valence-corrected chi connectivity index (χ1v) is 7.35. The third-order valence-electron chi connectivity index (χ3n) is 3.42. The van der Waals surface area contributed by atoms with Crippen LogP contribution in [0.3, 0.4) is 0 Å². The van der Waals surface area contributed by atoms with E-state index < -0.39 is 0 Å². The molecule has 0 aromatic heterocycles. The molecule has 5 heteroatoms. The number of amides is 3. The molecule has 3 amide bonds. The molecule has 1 saturated heterocycles. The number of rotatable bonds is 5. The van der Waals surface area contributed by atoms with E-state index in [1.54, 1.807) is 0 Å². The molecule has 0 spiro atoms. The van der Waals surface area contributed by atoms with Gasteiger partial charge >= 0.3 is 6.03 Å². The third-order valence-corrected chi connectivity index (χ3v) is 3.42. The summed E-state index contributed by atoms with van der Waals surface area (Å²) in [7, 11) is 0. The minimum absolute atomic E-state index is 0.0209. The maximum absolute atomic E-state index is 11.9. The normalized spacial score (nSPS) is 19.4. The number of carbonyl (C=O) groups excluding carboxylic acids is 2. The van der Waals surface area contributed by atoms with Gasteiger partial charge < -0.3 is 15.5 Å². The fraction of sp³-hybridized carbons (Fsp3) is 0.857. The average Bonchev–Trinajstić information content (AvgIpc) is 2.42. The fourth-order valence-electron chi connectivity index (χ4n) is 2.21. The number of nitrogens with zero attached hydrogens (tertiary/aromatic N) is 1. The van der Waals surface area contributed by atoms with Crippen molar-refractivity contribution in [3.63, 3.8) is 0 Å². The van der Waals surface area contributed by atoms with Crippen molar-refractivity contribution in [2.24, 2.45) is 11.8 Å². The van der Waals surface area contributed by atoms with E-state index in [1.165, 1.54) is 0 Å². The summed E-state index contributed by atoms with van der Waals surface area (Å²) in [5, 5.41) is 5.86. The summed E-state index contributed by atoms with van der Waals surface area (Å²) in [5.74, 6) is 0.490. The van der Waals surface area contributed by atoms with Crippen molar-refractivity contribution in [2.75, 3.05) is 26.2 Å². The Morgan fingerprint density at radius 3 is 2.68 bits per heavy atom. The van der Waals surface area contributed by atoms with Gasteiger partial charge in [-0.15, -0.1) is 0 Å². The first-order valence-electron chi connectivity index (χ1n) is 7.35. The van der Waals surface area contributed by atoms with E-state index in [-0.39, 0.29) is 17.9 Å². The van der Waals surface area contributed by atoms with Crippen LogP contribution in [-0.2, 0) is 4.79 Å². The number of hydrogen-bond donors (Lipinski definition) is 2. The zero-order valence-corrected chi connectivity index (χ0v) is 12.4. The molecule has 2 N–H and O–H groups in total. The lowest BCUT2D eigenvalue weighted by Crippen LogP contribution is -2.48. The zero-order valence-electron chi connectivity index (χ0n) is 12.4. The van der Waals surface area contributed by atoms with Crippen LogP contribution in [-0.4, -0.2) is 43.0 Å². The summed E-state index contributed by atoms with van der Waals surface area (Å²) >= 11 is 0. The summed E-state index contributed by atoms with van der Waals surface area (Å²) in [4.78, 5) is 25.3. The second kappa shape index (κ2) is 8.02. The highest BCUT2D eigenvalue weighted by atomic mass is 16.2. The van der Waals surface area contributed by atoms with E-state index in [9.17, 15) is 9.59 Å². The van der Waals surface area contributed by atoms with Gasteiger partial charge in [0.1, 0.15) is 0 Å². The van der Waals surface area contributed by atoms with E-state index in [0.717, 1.165) is 38.9 Å². The predicted molar refractivity (Wildman–Crippen MR) is 75.8 cm³/mol. The largest absolute Gasteiger partial charge is 0.356 e. The van der Waals surface area contributed by atoms with Crippen LogP contribution in [0, 0.1) is 11.8 Å². The molecule has 1 fully saturated rings. The zero-order chi connectivity index (χ0) is 14.3. The molecule has 1 aliphatic rings. The third kappa shape index (κ3) is 5.49. The standard InChI is InChI=1S/C14H27N3O2/c1-4-7-15-14(19)17-8-5-6-12(10-17)9-16-13(18)11(2)3/h11-12H,4-10H2,1-3H3,(H,15,19)(H,16,18). The van der Waals surface area contributed by atoms with Crippen LogP contribution in [0.1, 0.15) is 40.0 Å². The number of likely N-dealkylation sites (tertiary alicyclic amines) is 1. The second-order valence-corrected chi connectivity index (χ2v) is 5.59. The van der Waals surface area contributed by atoms with E-state index in [2.05, 4.69) is 10.6 Å². The molecule has 1 rings (SSSR count). The van der Waals surface area contributed by atoms with Gasteiger partial charge in [-0.2, -0.15) is 0 Å². The molecule has 1 atom stereocenters. The first kappa shape index (κ1) is 15.8. The Balaban J connectivity index is 2.33. The van der Waals surface area contributed by atoms with Gasteiger partial charge in [0.25, 0.3) is 0 Å². The van der Waals surface area contributed by atoms with E-state index in [1.807, 2.05) is 25.7 Å². The number of nitrogens with one attached hydrogen (secondary N) is 2. The Hall–Kier alpha value is -1.26. The fourth-order valence-corrected chi connectivity index (χ4v) is 2.21. The monoisotopic (exact) mass is 269 g/mol. The smallest absolute Gasteiger partial charge is 0.317 e. The van der Waals surface area contributed by atoms with Crippen molar-refractivity contribution in [2.45, 2.75) is 40.0 Å². The Bertz CT molecular complexity index is 305. The molecule has 1 unspecified atom stereocenters. The van der Waals surface area contributed by atoms with Crippen LogP contribution in [0.25, 0.3) is 0 Å². The molecule has 110 valence electrons. The molecule has 0 aromatic rings. The maximum atomic E-state index is 11.9. The molecule has 0 aliphatic carbocycles. The molecule has 0 aromatic carbocycles. The number of urea groups is 1. The first-order chi connectivity index (χ1) is 9.04. The molecule has 1 aliphatic heterocycles. The number of hydrogen-bond acceptors (Lipinski definition) is 2. The predicted octanol–water partition coefficient (Wildman–Crippen LogP) is 1.59. The van der Waals surface area contributed by atoms with Gasteiger partial charge in [0, 0.05) is 32.1 Å². The van der Waals surface area contributed by atoms with E-state index in [4.69, 9.17) is 0 Å². The van der Waals surface area contributed by atoms with Gasteiger partial charge in [-0.25, -0.2) is 4.79 Å². The summed E-state index contributed by atoms with van der Waals surface area (Å²) in [6.07, 6.45) is 3.05. The van der Waals surface area contributed by atoms with Gasteiger partial charge in [-0.1, -0.05) is 20.8 Å². The van der Waals surface area contributed by atoms with Gasteiger partial charge in [-0.05, 0) is 25.2 Å². The molecule has 1 heterocycles. The lowest BCUT2D eigenvalue weighted by Gasteiger charge is -2.33. The molecule has 0 radical (unpaired) electrons. The van der Waals surface area contributed by atoms with E-state index >= 15 is 0 Å². The highest BCUT2D eigenvalue weighted by molar-refractivity contribution is 5.77. The van der Waals surface area contributed by atoms with Crippen LogP contribution < -0.4 is 10.6 Å². The average molecular weight is 269 g/mol. The van der Waals surface area contributed by atoms with Crippen molar-refractivity contribution in [3.8, 4) is 0 Å². The quantitative estimate of drug-likeness (QED) is 0.796. The second-order valence-electron chi connectivity index (χ2n) is 5.59. The Kier molecular flexibility index (Phi) is 6.67. The van der Waals surface area contributed by atoms with Crippen LogP contribution in [0.2, 0.25) is 0 Å². The van der Waals surface area contributed by atoms with Gasteiger partial charge in [0.15, 0.2) is 0 Å². The van der Waals surface area contributed by atoms with Crippen molar-refractivity contribution in [1.29, 1.82) is 0 Å². The minimum atomic E-state index is 0.0209. The minimum Gasteiger partial charge on any atom is -0.356 e. The summed E-state index contributed by atoms with van der Waals surface area (Å²) < 4.78 is 0. The van der Waals surface area contributed by atoms with Crippen molar-refractivity contribution in [1.82, 2.24) is 15.5 Å². The summed E-state index contributed by atoms with van der Waals surface area (Å²) in [6, 6.07) is 0.0294. The Morgan fingerprint density at radius 2 is 2.05 bits per heavy atom. The van der Waals surface area contributed by atoms with Crippen molar-refractivity contribution >= 4 is 11.9 Å². The molecular weight excluding hydrogens is 242 g/mol. The van der Waals surface area contributed by atoms with Crippen molar-refractivity contribution in [3.05, 3.63) is 0 Å². The van der Waals surface area contributed by atoms with Crippen LogP contribution >= 0.6 is 0 Å². The highest BCUT2D eigenvalue weighted by Crippen LogP contribution is 2.15.